The van der Waals surface area contributed by atoms with Gasteiger partial charge in [-0.05, 0) is 37.8 Å². The highest BCUT2D eigenvalue weighted by molar-refractivity contribution is 6.31. The van der Waals surface area contributed by atoms with E-state index in [0.29, 0.717) is 31.1 Å². The zero-order valence-corrected chi connectivity index (χ0v) is 14.7. The molecule has 1 atom stereocenters. The van der Waals surface area contributed by atoms with E-state index in [4.69, 9.17) is 21.1 Å². The molecule has 0 aliphatic rings. The van der Waals surface area contributed by atoms with E-state index in [1.807, 2.05) is 38.1 Å². The van der Waals surface area contributed by atoms with Crippen LogP contribution in [0.2, 0.25) is 5.02 Å². The summed E-state index contributed by atoms with van der Waals surface area (Å²) in [6, 6.07) is 10.1. The number of rotatable bonds is 9. The predicted molar refractivity (Wildman–Crippen MR) is 89.9 cm³/mol. The quantitative estimate of drug-likeness (QED) is 0.605. The molecular weight excluding hydrogens is 298 g/mol. The average molecular weight is 324 g/mol. The molecule has 0 saturated heterocycles. The van der Waals surface area contributed by atoms with E-state index in [1.54, 1.807) is 0 Å². The van der Waals surface area contributed by atoms with Crippen molar-refractivity contribution in [3.05, 3.63) is 34.9 Å². The van der Waals surface area contributed by atoms with Gasteiger partial charge in [0.1, 0.15) is 0 Å². The van der Waals surface area contributed by atoms with Crippen molar-refractivity contribution in [1.82, 2.24) is 0 Å². The molecule has 122 valence electrons. The molecule has 0 aliphatic carbocycles. The first-order chi connectivity index (χ1) is 10.5. The molecule has 22 heavy (non-hydrogen) atoms. The molecule has 0 amide bonds. The van der Waals surface area contributed by atoms with Crippen LogP contribution in [0.1, 0.15) is 46.1 Å². The minimum absolute atomic E-state index is 0.140. The maximum Gasteiger partial charge on any atom is 0.157 e. The van der Waals surface area contributed by atoms with Crippen LogP contribution in [0.3, 0.4) is 0 Å². The van der Waals surface area contributed by atoms with Gasteiger partial charge in [0, 0.05) is 24.7 Å². The van der Waals surface area contributed by atoms with Gasteiger partial charge in [-0.3, -0.25) is 0 Å². The molecule has 0 saturated carbocycles. The number of hydrogen-bond donors (Lipinski definition) is 0. The Hall–Kier alpha value is -1.08. The number of nitrogens with zero attached hydrogens (tertiary/aromatic N) is 1. The highest BCUT2D eigenvalue weighted by atomic mass is 35.5. The summed E-state index contributed by atoms with van der Waals surface area (Å²) < 4.78 is 11.2. The second-order valence-corrected chi connectivity index (χ2v) is 6.00. The SMILES string of the molecule is CCOC(CCC(C#N)(c1ccccc1Cl)C(C)C)OCC. The maximum atomic E-state index is 9.91. The molecule has 0 spiro atoms. The van der Waals surface area contributed by atoms with E-state index in [1.165, 1.54) is 0 Å². The van der Waals surface area contributed by atoms with Gasteiger partial charge >= 0.3 is 0 Å². The summed E-state index contributed by atoms with van der Waals surface area (Å²) in [5.41, 5.74) is 0.256. The highest BCUT2D eigenvalue weighted by Crippen LogP contribution is 2.40. The summed E-state index contributed by atoms with van der Waals surface area (Å²) >= 11 is 6.36. The van der Waals surface area contributed by atoms with Gasteiger partial charge in [0.2, 0.25) is 0 Å². The second-order valence-electron chi connectivity index (χ2n) is 5.60. The Morgan fingerprint density at radius 1 is 1.18 bits per heavy atom. The molecule has 4 heteroatoms. The average Bonchev–Trinajstić information content (AvgIpc) is 2.49. The molecule has 1 rings (SSSR count). The lowest BCUT2D eigenvalue weighted by Gasteiger charge is -2.33. The molecule has 0 fully saturated rings. The van der Waals surface area contributed by atoms with Crippen molar-refractivity contribution in [1.29, 1.82) is 5.26 Å². The van der Waals surface area contributed by atoms with Crippen molar-refractivity contribution in [2.45, 2.75) is 52.2 Å². The Bertz CT molecular complexity index is 492. The molecule has 0 radical (unpaired) electrons. The van der Waals surface area contributed by atoms with E-state index in [0.717, 1.165) is 5.56 Å². The molecule has 0 heterocycles. The summed E-state index contributed by atoms with van der Waals surface area (Å²) in [4.78, 5) is 0. The standard InChI is InChI=1S/C18H26ClNO2/c1-5-21-17(22-6-2)11-12-18(13-20,14(3)4)15-9-7-8-10-16(15)19/h7-10,14,17H,5-6,11-12H2,1-4H3. The predicted octanol–water partition coefficient (Wildman–Crippen LogP) is 4.94. The lowest BCUT2D eigenvalue weighted by atomic mass is 9.69. The zero-order chi connectivity index (χ0) is 16.6. The minimum Gasteiger partial charge on any atom is -0.353 e. The summed E-state index contributed by atoms with van der Waals surface area (Å²) in [6.07, 6.45) is 1.04. The van der Waals surface area contributed by atoms with Crippen LogP contribution in [-0.4, -0.2) is 19.5 Å². The number of nitriles is 1. The summed E-state index contributed by atoms with van der Waals surface area (Å²) in [5, 5.41) is 10.5. The second kappa shape index (κ2) is 9.15. The molecule has 0 N–H and O–H groups in total. The molecule has 3 nitrogen and oxygen atoms in total. The molecular formula is C18H26ClNO2. The van der Waals surface area contributed by atoms with Crippen molar-refractivity contribution < 1.29 is 9.47 Å². The van der Waals surface area contributed by atoms with Crippen LogP contribution in [0, 0.1) is 17.2 Å². The van der Waals surface area contributed by atoms with Crippen molar-refractivity contribution in [3.63, 3.8) is 0 Å². The van der Waals surface area contributed by atoms with Crippen molar-refractivity contribution in [3.8, 4) is 6.07 Å². The Morgan fingerprint density at radius 2 is 1.77 bits per heavy atom. The normalized spacial score (nSPS) is 14.1. The number of benzene rings is 1. The lowest BCUT2D eigenvalue weighted by molar-refractivity contribution is -0.141. The van der Waals surface area contributed by atoms with Crippen LogP contribution in [0.25, 0.3) is 0 Å². The van der Waals surface area contributed by atoms with E-state index in [-0.39, 0.29) is 12.2 Å². The molecule has 0 aromatic heterocycles. The van der Waals surface area contributed by atoms with E-state index >= 15 is 0 Å². The summed E-state index contributed by atoms with van der Waals surface area (Å²) in [7, 11) is 0. The molecule has 0 bridgehead atoms. The smallest absolute Gasteiger partial charge is 0.157 e. The lowest BCUT2D eigenvalue weighted by Crippen LogP contribution is -2.33. The number of ether oxygens (including phenoxy) is 2. The highest BCUT2D eigenvalue weighted by Gasteiger charge is 2.38. The van der Waals surface area contributed by atoms with Crippen LogP contribution in [0.4, 0.5) is 0 Å². The van der Waals surface area contributed by atoms with Gasteiger partial charge in [-0.25, -0.2) is 0 Å². The van der Waals surface area contributed by atoms with Gasteiger partial charge in [0.15, 0.2) is 6.29 Å². The summed E-state index contributed by atoms with van der Waals surface area (Å²) in [6.45, 7) is 9.20. The van der Waals surface area contributed by atoms with Gasteiger partial charge in [-0.2, -0.15) is 5.26 Å². The Labute approximate surface area is 139 Å². The third-order valence-electron chi connectivity index (χ3n) is 4.02. The fraction of sp³-hybridized carbons (Fsp3) is 0.611. The van der Waals surface area contributed by atoms with E-state index < -0.39 is 5.41 Å². The monoisotopic (exact) mass is 323 g/mol. The van der Waals surface area contributed by atoms with Gasteiger partial charge < -0.3 is 9.47 Å². The van der Waals surface area contributed by atoms with Gasteiger partial charge in [-0.1, -0.05) is 43.6 Å². The van der Waals surface area contributed by atoms with Crippen LogP contribution < -0.4 is 0 Å². The van der Waals surface area contributed by atoms with Gasteiger partial charge in [-0.15, -0.1) is 0 Å². The Kier molecular flexibility index (Phi) is 7.89. The van der Waals surface area contributed by atoms with Crippen LogP contribution in [0.5, 0.6) is 0 Å². The summed E-state index contributed by atoms with van der Waals surface area (Å²) in [5.74, 6) is 0.140. The largest absolute Gasteiger partial charge is 0.353 e. The third kappa shape index (κ3) is 4.46. The van der Waals surface area contributed by atoms with E-state index in [2.05, 4.69) is 19.9 Å². The molecule has 1 aromatic rings. The first-order valence-electron chi connectivity index (χ1n) is 7.91. The maximum absolute atomic E-state index is 9.91. The van der Waals surface area contributed by atoms with Gasteiger partial charge in [0.05, 0.1) is 11.5 Å². The minimum atomic E-state index is -0.634. The van der Waals surface area contributed by atoms with Crippen LogP contribution in [-0.2, 0) is 14.9 Å². The fourth-order valence-electron chi connectivity index (χ4n) is 2.73. The van der Waals surface area contributed by atoms with E-state index in [9.17, 15) is 5.26 Å². The molecule has 1 aromatic carbocycles. The first kappa shape index (κ1) is 19.0. The van der Waals surface area contributed by atoms with Crippen molar-refractivity contribution in [2.75, 3.05) is 13.2 Å². The molecule has 1 unspecified atom stereocenters. The number of halogens is 1. The van der Waals surface area contributed by atoms with Crippen LogP contribution >= 0.6 is 11.6 Å². The Morgan fingerprint density at radius 3 is 2.23 bits per heavy atom. The third-order valence-corrected chi connectivity index (χ3v) is 4.35. The van der Waals surface area contributed by atoms with Crippen molar-refractivity contribution in [2.24, 2.45) is 5.92 Å². The van der Waals surface area contributed by atoms with Gasteiger partial charge in [0.25, 0.3) is 0 Å². The fourth-order valence-corrected chi connectivity index (χ4v) is 3.04. The number of hydrogen-bond acceptors (Lipinski definition) is 3. The van der Waals surface area contributed by atoms with Crippen LogP contribution in [0.15, 0.2) is 24.3 Å². The zero-order valence-electron chi connectivity index (χ0n) is 13.9. The Balaban J connectivity index is 3.04. The van der Waals surface area contributed by atoms with Crippen molar-refractivity contribution >= 4 is 11.6 Å². The molecule has 0 aliphatic heterocycles. The topological polar surface area (TPSA) is 42.2 Å². The first-order valence-corrected chi connectivity index (χ1v) is 8.29.